The summed E-state index contributed by atoms with van der Waals surface area (Å²) in [6.45, 7) is 4.44. The van der Waals surface area contributed by atoms with Gasteiger partial charge in [-0.3, -0.25) is 4.99 Å². The van der Waals surface area contributed by atoms with Gasteiger partial charge in [-0.1, -0.05) is 29.8 Å². The van der Waals surface area contributed by atoms with Gasteiger partial charge in [-0.05, 0) is 25.3 Å². The molecule has 2 unspecified atom stereocenters. The summed E-state index contributed by atoms with van der Waals surface area (Å²) in [5.74, 6) is 1.22. The summed E-state index contributed by atoms with van der Waals surface area (Å²) in [6.07, 6.45) is 2.40. The maximum Gasteiger partial charge on any atom is 0.191 e. The first kappa shape index (κ1) is 23.9. The van der Waals surface area contributed by atoms with Crippen molar-refractivity contribution in [2.45, 2.75) is 32.4 Å². The number of nitrogens with one attached hydrogen (secondary N) is 2. The van der Waals surface area contributed by atoms with E-state index >= 15 is 0 Å². The van der Waals surface area contributed by atoms with Crippen LogP contribution >= 0.6 is 35.3 Å². The molecule has 1 aliphatic rings. The van der Waals surface area contributed by atoms with E-state index in [9.17, 15) is 0 Å². The van der Waals surface area contributed by atoms with Crippen LogP contribution in [0.5, 0.6) is 0 Å². The second kappa shape index (κ2) is 11.7. The standard InChI is InChI=1S/C21H31N5OS.HI/c1-15-7-9-16(10-8-15)19-17(6-5-11-27-19)12-23-20(22-2)24-13-18-14-28-21(25-18)26(3)4;/h7-10,14,17,19H,5-6,11-13H2,1-4H3,(H2,22,23,24);1H. The average Bonchev–Trinajstić information content (AvgIpc) is 3.18. The van der Waals surface area contributed by atoms with Gasteiger partial charge >= 0.3 is 0 Å². The highest BCUT2D eigenvalue weighted by Crippen LogP contribution is 2.33. The fourth-order valence-electron chi connectivity index (χ4n) is 3.38. The molecule has 0 bridgehead atoms. The Kier molecular flexibility index (Phi) is 9.64. The molecule has 1 aromatic heterocycles. The van der Waals surface area contributed by atoms with Gasteiger partial charge in [0.05, 0.1) is 18.3 Å². The first-order valence-corrected chi connectivity index (χ1v) is 10.7. The lowest BCUT2D eigenvalue weighted by molar-refractivity contribution is -0.0265. The second-order valence-corrected chi connectivity index (χ2v) is 8.26. The van der Waals surface area contributed by atoms with E-state index in [2.05, 4.69) is 57.2 Å². The zero-order chi connectivity index (χ0) is 19.9. The van der Waals surface area contributed by atoms with Crippen LogP contribution in [0, 0.1) is 12.8 Å². The van der Waals surface area contributed by atoms with E-state index in [1.54, 1.807) is 18.4 Å². The number of aryl methyl sites for hydroxylation is 1. The molecule has 160 valence electrons. The Morgan fingerprint density at radius 3 is 2.69 bits per heavy atom. The maximum absolute atomic E-state index is 6.12. The van der Waals surface area contributed by atoms with E-state index in [-0.39, 0.29) is 30.1 Å². The van der Waals surface area contributed by atoms with Crippen LogP contribution in [-0.4, -0.2) is 45.2 Å². The lowest BCUT2D eigenvalue weighted by Gasteiger charge is -2.32. The van der Waals surface area contributed by atoms with Crippen molar-refractivity contribution in [2.75, 3.05) is 39.2 Å². The van der Waals surface area contributed by atoms with Crippen molar-refractivity contribution in [1.29, 1.82) is 0 Å². The van der Waals surface area contributed by atoms with E-state index < -0.39 is 0 Å². The summed E-state index contributed by atoms with van der Waals surface area (Å²) in [7, 11) is 5.82. The third-order valence-corrected chi connectivity index (χ3v) is 6.02. The van der Waals surface area contributed by atoms with Crippen LogP contribution in [0.15, 0.2) is 34.6 Å². The zero-order valence-electron chi connectivity index (χ0n) is 17.6. The molecule has 1 fully saturated rings. The lowest BCUT2D eigenvalue weighted by atomic mass is 9.89. The van der Waals surface area contributed by atoms with Gasteiger partial charge in [0, 0.05) is 45.6 Å². The highest BCUT2D eigenvalue weighted by molar-refractivity contribution is 14.0. The molecular formula is C21H32IN5OS. The van der Waals surface area contributed by atoms with Gasteiger partial charge in [-0.15, -0.1) is 35.3 Å². The minimum Gasteiger partial charge on any atom is -0.373 e. The van der Waals surface area contributed by atoms with Crippen molar-refractivity contribution in [3.05, 3.63) is 46.5 Å². The molecule has 0 radical (unpaired) electrons. The number of aliphatic imine (C=N–C) groups is 1. The van der Waals surface area contributed by atoms with Gasteiger partial charge in [0.1, 0.15) is 0 Å². The van der Waals surface area contributed by atoms with Crippen molar-refractivity contribution in [1.82, 2.24) is 15.6 Å². The molecule has 8 heteroatoms. The first-order valence-electron chi connectivity index (χ1n) is 9.81. The van der Waals surface area contributed by atoms with E-state index in [4.69, 9.17) is 4.74 Å². The number of hydrogen-bond acceptors (Lipinski definition) is 5. The second-order valence-electron chi connectivity index (χ2n) is 7.43. The van der Waals surface area contributed by atoms with Crippen LogP contribution in [0.2, 0.25) is 0 Å². The number of hydrogen-bond donors (Lipinski definition) is 2. The number of anilines is 1. The highest BCUT2D eigenvalue weighted by atomic mass is 127. The number of guanidine groups is 1. The molecule has 0 saturated carbocycles. The van der Waals surface area contributed by atoms with Gasteiger partial charge in [-0.25, -0.2) is 4.98 Å². The third-order valence-electron chi connectivity index (χ3n) is 4.97. The minimum absolute atomic E-state index is 0. The number of rotatable bonds is 6. The predicted octanol–water partition coefficient (Wildman–Crippen LogP) is 3.97. The maximum atomic E-state index is 6.12. The summed E-state index contributed by atoms with van der Waals surface area (Å²) in [6, 6.07) is 8.70. The summed E-state index contributed by atoms with van der Waals surface area (Å²) >= 11 is 1.65. The van der Waals surface area contributed by atoms with Crippen LogP contribution in [-0.2, 0) is 11.3 Å². The largest absolute Gasteiger partial charge is 0.373 e. The summed E-state index contributed by atoms with van der Waals surface area (Å²) < 4.78 is 6.12. The number of ether oxygens (including phenoxy) is 1. The van der Waals surface area contributed by atoms with Crippen LogP contribution in [0.1, 0.15) is 35.8 Å². The average molecular weight is 529 g/mol. The van der Waals surface area contributed by atoms with E-state index in [0.29, 0.717) is 12.5 Å². The normalized spacial score (nSPS) is 19.4. The lowest BCUT2D eigenvalue weighted by Crippen LogP contribution is -2.41. The van der Waals surface area contributed by atoms with Crippen molar-refractivity contribution < 1.29 is 4.74 Å². The van der Waals surface area contributed by atoms with Gasteiger partial charge in [0.25, 0.3) is 0 Å². The van der Waals surface area contributed by atoms with Gasteiger partial charge in [0.15, 0.2) is 11.1 Å². The first-order chi connectivity index (χ1) is 13.6. The van der Waals surface area contributed by atoms with E-state index in [1.165, 1.54) is 11.1 Å². The number of aromatic nitrogens is 1. The molecule has 0 amide bonds. The SMILES string of the molecule is CN=C(NCc1csc(N(C)C)n1)NCC1CCCOC1c1ccc(C)cc1.I. The minimum atomic E-state index is 0. The van der Waals surface area contributed by atoms with Gasteiger partial charge in [-0.2, -0.15) is 0 Å². The Morgan fingerprint density at radius 2 is 2.03 bits per heavy atom. The molecular weight excluding hydrogens is 497 g/mol. The molecule has 2 atom stereocenters. The molecule has 1 aromatic carbocycles. The summed E-state index contributed by atoms with van der Waals surface area (Å²) in [4.78, 5) is 11.0. The Hall–Kier alpha value is -1.39. The Morgan fingerprint density at radius 1 is 1.28 bits per heavy atom. The van der Waals surface area contributed by atoms with Crippen LogP contribution in [0.25, 0.3) is 0 Å². The van der Waals surface area contributed by atoms with Crippen LogP contribution < -0.4 is 15.5 Å². The number of halogens is 1. The fourth-order valence-corrected chi connectivity index (χ4v) is 4.14. The molecule has 2 N–H and O–H groups in total. The van der Waals surface area contributed by atoms with Gasteiger partial charge < -0.3 is 20.3 Å². The van der Waals surface area contributed by atoms with Crippen LogP contribution in [0.3, 0.4) is 0 Å². The quantitative estimate of drug-likeness (QED) is 0.337. The van der Waals surface area contributed by atoms with Crippen molar-refractivity contribution >= 4 is 46.4 Å². The number of benzene rings is 1. The Labute approximate surface area is 195 Å². The molecule has 29 heavy (non-hydrogen) atoms. The molecule has 1 aliphatic heterocycles. The van der Waals surface area contributed by atoms with Gasteiger partial charge in [0.2, 0.25) is 0 Å². The summed E-state index contributed by atoms with van der Waals surface area (Å²) in [5, 5.41) is 9.93. The monoisotopic (exact) mass is 529 g/mol. The van der Waals surface area contributed by atoms with E-state index in [0.717, 1.165) is 42.8 Å². The molecule has 0 aliphatic carbocycles. The molecule has 2 aromatic rings. The smallest absolute Gasteiger partial charge is 0.191 e. The van der Waals surface area contributed by atoms with Crippen molar-refractivity contribution in [2.24, 2.45) is 10.9 Å². The topological polar surface area (TPSA) is 61.8 Å². The number of nitrogens with zero attached hydrogens (tertiary/aromatic N) is 3. The molecule has 6 nitrogen and oxygen atoms in total. The van der Waals surface area contributed by atoms with Crippen LogP contribution in [0.4, 0.5) is 5.13 Å². The molecule has 3 rings (SSSR count). The zero-order valence-corrected chi connectivity index (χ0v) is 20.8. The highest BCUT2D eigenvalue weighted by Gasteiger charge is 2.27. The molecule has 1 saturated heterocycles. The predicted molar refractivity (Wildman–Crippen MR) is 133 cm³/mol. The summed E-state index contributed by atoms with van der Waals surface area (Å²) in [5.41, 5.74) is 3.56. The fraction of sp³-hybridized carbons (Fsp3) is 0.524. The van der Waals surface area contributed by atoms with Crippen molar-refractivity contribution in [3.63, 3.8) is 0 Å². The molecule has 2 heterocycles. The molecule has 0 spiro atoms. The Balaban J connectivity index is 0.00000300. The number of thiazole rings is 1. The van der Waals surface area contributed by atoms with E-state index in [1.807, 2.05) is 19.0 Å². The third kappa shape index (κ3) is 6.82. The Bertz CT molecular complexity index is 778. The van der Waals surface area contributed by atoms with Crippen molar-refractivity contribution in [3.8, 4) is 0 Å².